The zero-order valence-corrected chi connectivity index (χ0v) is 14.3. The minimum absolute atomic E-state index is 0.0672. The summed E-state index contributed by atoms with van der Waals surface area (Å²) in [5.41, 5.74) is 1.08. The van der Waals surface area contributed by atoms with Gasteiger partial charge in [-0.15, -0.1) is 0 Å². The van der Waals surface area contributed by atoms with Gasteiger partial charge in [-0.1, -0.05) is 11.6 Å². The number of halogens is 1. The minimum atomic E-state index is 0.0672. The van der Waals surface area contributed by atoms with Crippen LogP contribution in [0.25, 0.3) is 0 Å². The van der Waals surface area contributed by atoms with Crippen molar-refractivity contribution in [3.05, 3.63) is 47.3 Å². The molecule has 3 heterocycles. The Morgan fingerprint density at radius 1 is 1.48 bits per heavy atom. The molecule has 6 heteroatoms. The number of hydrogen-bond donors (Lipinski definition) is 1. The third-order valence-corrected chi connectivity index (χ3v) is 4.83. The highest BCUT2D eigenvalue weighted by atomic mass is 35.5. The van der Waals surface area contributed by atoms with E-state index in [0.29, 0.717) is 10.9 Å². The minimum Gasteiger partial charge on any atom is -0.370 e. The molecule has 3 rings (SSSR count). The van der Waals surface area contributed by atoms with Gasteiger partial charge in [0.05, 0.1) is 5.02 Å². The average molecular weight is 335 g/mol. The monoisotopic (exact) mass is 334 g/mol. The van der Waals surface area contributed by atoms with Crippen molar-refractivity contribution in [1.29, 1.82) is 0 Å². The van der Waals surface area contributed by atoms with E-state index in [2.05, 4.69) is 33.7 Å². The summed E-state index contributed by atoms with van der Waals surface area (Å²) in [6, 6.07) is 2.14. The zero-order valence-electron chi connectivity index (χ0n) is 13.6. The van der Waals surface area contributed by atoms with Gasteiger partial charge >= 0.3 is 0 Å². The number of hydrogen-bond acceptors (Lipinski definition) is 4. The molecule has 0 saturated carbocycles. The predicted octanol–water partition coefficient (Wildman–Crippen LogP) is 3.38. The fourth-order valence-electron chi connectivity index (χ4n) is 3.15. The number of aryl methyl sites for hydroxylation is 1. The molecule has 0 radical (unpaired) electrons. The van der Waals surface area contributed by atoms with Gasteiger partial charge < -0.3 is 14.6 Å². The van der Waals surface area contributed by atoms with E-state index < -0.39 is 0 Å². The summed E-state index contributed by atoms with van der Waals surface area (Å²) in [7, 11) is 0. The van der Waals surface area contributed by atoms with Crippen molar-refractivity contribution >= 4 is 11.6 Å². The van der Waals surface area contributed by atoms with Gasteiger partial charge in [0.1, 0.15) is 11.9 Å². The molecule has 2 aromatic heterocycles. The van der Waals surface area contributed by atoms with Gasteiger partial charge in [0.25, 0.3) is 0 Å². The Bertz CT molecular complexity index is 645. The van der Waals surface area contributed by atoms with Gasteiger partial charge in [-0.2, -0.15) is 0 Å². The lowest BCUT2D eigenvalue weighted by Gasteiger charge is -2.22. The van der Waals surface area contributed by atoms with E-state index in [0.717, 1.165) is 37.5 Å². The Kier molecular flexibility index (Phi) is 5.30. The van der Waals surface area contributed by atoms with Crippen LogP contribution in [0.3, 0.4) is 0 Å². The van der Waals surface area contributed by atoms with Gasteiger partial charge in [0.15, 0.2) is 0 Å². The molecule has 1 aliphatic rings. The molecule has 2 aromatic rings. The first kappa shape index (κ1) is 16.4. The Morgan fingerprint density at radius 3 is 3.13 bits per heavy atom. The van der Waals surface area contributed by atoms with Gasteiger partial charge in [0.2, 0.25) is 0 Å². The van der Waals surface area contributed by atoms with Crippen molar-refractivity contribution in [3.8, 4) is 0 Å². The zero-order chi connectivity index (χ0) is 16.2. The van der Waals surface area contributed by atoms with Gasteiger partial charge in [-0.05, 0) is 31.9 Å². The van der Waals surface area contributed by atoms with E-state index in [1.54, 1.807) is 12.4 Å². The summed E-state index contributed by atoms with van der Waals surface area (Å²) >= 11 is 6.22. The second-order valence-electron chi connectivity index (χ2n) is 5.94. The highest BCUT2D eigenvalue weighted by Crippen LogP contribution is 2.34. The summed E-state index contributed by atoms with van der Waals surface area (Å²) in [5.74, 6) is 1.46. The summed E-state index contributed by atoms with van der Waals surface area (Å²) in [4.78, 5) is 8.54. The van der Waals surface area contributed by atoms with Gasteiger partial charge in [-0.3, -0.25) is 4.98 Å². The van der Waals surface area contributed by atoms with E-state index in [4.69, 9.17) is 16.3 Å². The second-order valence-corrected chi connectivity index (χ2v) is 6.35. The predicted molar refractivity (Wildman–Crippen MR) is 90.4 cm³/mol. The van der Waals surface area contributed by atoms with Crippen LogP contribution in [0.4, 0.5) is 0 Å². The molecule has 1 aliphatic heterocycles. The number of nitrogens with one attached hydrogen (secondary N) is 1. The van der Waals surface area contributed by atoms with Crippen LogP contribution in [0.1, 0.15) is 43.8 Å². The standard InChI is InChI=1S/C17H23ClN4O/c1-3-22-8-7-20-17(22)16-13(5-9-23-16)10-21-12(2)14-4-6-19-11-15(14)18/h4,6-8,11-13,16,21H,3,5,9-10H2,1-2H3/t12?,13-,16+/m0/s1. The molecule has 0 aliphatic carbocycles. The largest absolute Gasteiger partial charge is 0.370 e. The van der Waals surface area contributed by atoms with Crippen LogP contribution in [-0.4, -0.2) is 27.7 Å². The maximum absolute atomic E-state index is 6.22. The van der Waals surface area contributed by atoms with Crippen molar-refractivity contribution in [2.24, 2.45) is 5.92 Å². The number of rotatable bonds is 6. The van der Waals surface area contributed by atoms with Crippen molar-refractivity contribution in [2.75, 3.05) is 13.2 Å². The molecule has 0 bridgehead atoms. The van der Waals surface area contributed by atoms with Crippen molar-refractivity contribution in [2.45, 2.75) is 39.0 Å². The molecule has 5 nitrogen and oxygen atoms in total. The van der Waals surface area contributed by atoms with Crippen LogP contribution < -0.4 is 5.32 Å². The number of nitrogens with zero attached hydrogens (tertiary/aromatic N) is 3. The quantitative estimate of drug-likeness (QED) is 0.880. The maximum Gasteiger partial charge on any atom is 0.138 e. The molecule has 3 atom stereocenters. The second kappa shape index (κ2) is 7.43. The van der Waals surface area contributed by atoms with E-state index in [9.17, 15) is 0 Å². The summed E-state index contributed by atoms with van der Waals surface area (Å²) in [5, 5.41) is 4.28. The Balaban J connectivity index is 1.64. The van der Waals surface area contributed by atoms with E-state index in [1.165, 1.54) is 0 Å². The lowest BCUT2D eigenvalue weighted by Crippen LogP contribution is -2.28. The SMILES string of the molecule is CCn1ccnc1[C@@H]1OCC[C@H]1CNC(C)c1ccncc1Cl. The number of aromatic nitrogens is 3. The molecule has 1 saturated heterocycles. The van der Waals surface area contributed by atoms with Crippen molar-refractivity contribution in [3.63, 3.8) is 0 Å². The number of imidazole rings is 1. The molecule has 124 valence electrons. The first-order valence-electron chi connectivity index (χ1n) is 8.16. The molecular weight excluding hydrogens is 312 g/mol. The normalized spacial score (nSPS) is 22.4. The molecule has 23 heavy (non-hydrogen) atoms. The molecule has 0 aromatic carbocycles. The Hall–Kier alpha value is -1.43. The molecular formula is C17H23ClN4O. The highest BCUT2D eigenvalue weighted by molar-refractivity contribution is 6.31. The van der Waals surface area contributed by atoms with Crippen LogP contribution in [0.5, 0.6) is 0 Å². The lowest BCUT2D eigenvalue weighted by molar-refractivity contribution is 0.0799. The first-order chi connectivity index (χ1) is 11.2. The van der Waals surface area contributed by atoms with Crippen LogP contribution in [-0.2, 0) is 11.3 Å². The molecule has 1 fully saturated rings. The number of pyridine rings is 1. The third kappa shape index (κ3) is 3.57. The smallest absolute Gasteiger partial charge is 0.138 e. The molecule has 0 amide bonds. The average Bonchev–Trinajstić information content (AvgIpc) is 3.21. The topological polar surface area (TPSA) is 52.0 Å². The Morgan fingerprint density at radius 2 is 2.35 bits per heavy atom. The molecule has 1 N–H and O–H groups in total. The van der Waals surface area contributed by atoms with Crippen LogP contribution in [0, 0.1) is 5.92 Å². The first-order valence-corrected chi connectivity index (χ1v) is 8.54. The van der Waals surface area contributed by atoms with Crippen LogP contribution >= 0.6 is 11.6 Å². The lowest BCUT2D eigenvalue weighted by atomic mass is 9.99. The van der Waals surface area contributed by atoms with E-state index in [-0.39, 0.29) is 12.1 Å². The summed E-state index contributed by atoms with van der Waals surface area (Å²) in [6.07, 6.45) is 8.45. The summed E-state index contributed by atoms with van der Waals surface area (Å²) < 4.78 is 8.11. The van der Waals surface area contributed by atoms with E-state index in [1.807, 2.05) is 18.5 Å². The van der Waals surface area contributed by atoms with Crippen LogP contribution in [0.15, 0.2) is 30.9 Å². The van der Waals surface area contributed by atoms with Gasteiger partial charge in [0, 0.05) is 56.4 Å². The Labute approximate surface area is 142 Å². The van der Waals surface area contributed by atoms with Crippen LogP contribution in [0.2, 0.25) is 5.02 Å². The highest BCUT2D eigenvalue weighted by Gasteiger charge is 2.32. The van der Waals surface area contributed by atoms with Gasteiger partial charge in [-0.25, -0.2) is 4.98 Å². The summed E-state index contributed by atoms with van der Waals surface area (Å²) in [6.45, 7) is 6.83. The maximum atomic E-state index is 6.22. The number of ether oxygens (including phenoxy) is 1. The fourth-order valence-corrected chi connectivity index (χ4v) is 3.43. The van der Waals surface area contributed by atoms with E-state index >= 15 is 0 Å². The van der Waals surface area contributed by atoms with Crippen molar-refractivity contribution in [1.82, 2.24) is 19.9 Å². The van der Waals surface area contributed by atoms with Crippen molar-refractivity contribution < 1.29 is 4.74 Å². The fraction of sp³-hybridized carbons (Fsp3) is 0.529. The molecule has 0 spiro atoms. The molecule has 1 unspecified atom stereocenters. The third-order valence-electron chi connectivity index (χ3n) is 4.51.